The van der Waals surface area contributed by atoms with Crippen LogP contribution in [0.1, 0.15) is 37.2 Å². The molecule has 0 spiro atoms. The molecule has 26 heavy (non-hydrogen) atoms. The highest BCUT2D eigenvalue weighted by molar-refractivity contribution is 5.92. The molecule has 4 rings (SSSR count). The van der Waals surface area contributed by atoms with Gasteiger partial charge in [0, 0.05) is 38.0 Å². The van der Waals surface area contributed by atoms with E-state index in [1.54, 1.807) is 17.0 Å². The molecule has 1 fully saturated rings. The Morgan fingerprint density at radius 1 is 1.35 bits per heavy atom. The molecule has 0 N–H and O–H groups in total. The number of likely N-dealkylation sites (tertiary alicyclic amines) is 1. The largest absolute Gasteiger partial charge is 0.329 e. The van der Waals surface area contributed by atoms with E-state index in [0.29, 0.717) is 0 Å². The summed E-state index contributed by atoms with van der Waals surface area (Å²) in [5.74, 6) is 1.03. The number of carbonyl (C=O) groups excluding carboxylic acids is 1. The molecule has 6 heteroatoms. The first-order valence-electron chi connectivity index (χ1n) is 9.10. The van der Waals surface area contributed by atoms with Crippen molar-refractivity contribution in [2.24, 2.45) is 7.05 Å². The number of para-hydroxylation sites is 2. The summed E-state index contributed by atoms with van der Waals surface area (Å²) in [6, 6.07) is 8.21. The Labute approximate surface area is 152 Å². The summed E-state index contributed by atoms with van der Waals surface area (Å²) >= 11 is 0. The predicted octanol–water partition coefficient (Wildman–Crippen LogP) is 3.17. The van der Waals surface area contributed by atoms with E-state index in [1.807, 2.05) is 42.4 Å². The van der Waals surface area contributed by atoms with Gasteiger partial charge in [-0.2, -0.15) is 5.10 Å². The minimum atomic E-state index is 0.0334. The fourth-order valence-corrected chi connectivity index (χ4v) is 3.77. The molecule has 3 aromatic rings. The summed E-state index contributed by atoms with van der Waals surface area (Å²) in [7, 11) is 1.87. The minimum Gasteiger partial charge on any atom is -0.329 e. The number of carbonyl (C=O) groups is 1. The van der Waals surface area contributed by atoms with Crippen molar-refractivity contribution in [3.8, 4) is 0 Å². The average Bonchev–Trinajstić information content (AvgIpc) is 3.36. The highest BCUT2D eigenvalue weighted by atomic mass is 16.2. The van der Waals surface area contributed by atoms with Crippen LogP contribution in [0.5, 0.6) is 0 Å². The molecule has 1 aliphatic heterocycles. The van der Waals surface area contributed by atoms with Crippen LogP contribution in [0, 0.1) is 0 Å². The van der Waals surface area contributed by atoms with E-state index in [1.165, 1.54) is 0 Å². The van der Waals surface area contributed by atoms with Gasteiger partial charge < -0.3 is 9.47 Å². The monoisotopic (exact) mass is 349 g/mol. The van der Waals surface area contributed by atoms with Crippen LogP contribution in [-0.2, 0) is 18.4 Å². The van der Waals surface area contributed by atoms with Crippen molar-refractivity contribution < 1.29 is 4.79 Å². The minimum absolute atomic E-state index is 0.0334. The van der Waals surface area contributed by atoms with Gasteiger partial charge in [0.1, 0.15) is 5.82 Å². The Morgan fingerprint density at radius 3 is 2.96 bits per heavy atom. The van der Waals surface area contributed by atoms with Gasteiger partial charge in [-0.15, -0.1) is 0 Å². The van der Waals surface area contributed by atoms with Crippen LogP contribution in [0.3, 0.4) is 0 Å². The third-order valence-electron chi connectivity index (χ3n) is 4.98. The zero-order chi connectivity index (χ0) is 18.1. The standard InChI is InChI=1S/C20H23N5O/c1-3-24-17-8-5-4-7-16(17)22-20(24)18-9-6-12-25(18)19(26)11-10-15-13-21-23(2)14-15/h4-5,7-8,10-11,13-14,18H,3,6,9,12H2,1-2H3/b11-10+/t18-/m1/s1. The second-order valence-corrected chi connectivity index (χ2v) is 6.67. The number of rotatable bonds is 4. The third-order valence-corrected chi connectivity index (χ3v) is 4.98. The van der Waals surface area contributed by atoms with Gasteiger partial charge >= 0.3 is 0 Å². The zero-order valence-corrected chi connectivity index (χ0v) is 15.2. The SMILES string of the molecule is CCn1c([C@H]2CCCN2C(=O)/C=C/c2cnn(C)c2)nc2ccccc21. The highest BCUT2D eigenvalue weighted by Crippen LogP contribution is 2.33. The van der Waals surface area contributed by atoms with Gasteiger partial charge in [0.05, 0.1) is 23.3 Å². The summed E-state index contributed by atoms with van der Waals surface area (Å²) in [4.78, 5) is 19.6. The topological polar surface area (TPSA) is 56.0 Å². The normalized spacial score (nSPS) is 17.6. The van der Waals surface area contributed by atoms with E-state index < -0.39 is 0 Å². The Hall–Kier alpha value is -2.89. The maximum atomic E-state index is 12.8. The molecule has 1 amide bonds. The smallest absolute Gasteiger partial charge is 0.247 e. The molecule has 0 saturated carbocycles. The van der Waals surface area contributed by atoms with Crippen molar-refractivity contribution >= 4 is 23.0 Å². The number of benzene rings is 1. The maximum Gasteiger partial charge on any atom is 0.247 e. The first-order valence-corrected chi connectivity index (χ1v) is 9.10. The van der Waals surface area contributed by atoms with Crippen LogP contribution < -0.4 is 0 Å². The number of hydrogen-bond acceptors (Lipinski definition) is 3. The first kappa shape index (κ1) is 16.6. The Kier molecular flexibility index (Phi) is 4.32. The van der Waals surface area contributed by atoms with E-state index in [4.69, 9.17) is 4.98 Å². The highest BCUT2D eigenvalue weighted by Gasteiger charge is 2.32. The van der Waals surface area contributed by atoms with Crippen LogP contribution in [-0.4, -0.2) is 36.7 Å². The lowest BCUT2D eigenvalue weighted by Gasteiger charge is -2.23. The molecule has 1 aromatic carbocycles. The number of amides is 1. The van der Waals surface area contributed by atoms with Gasteiger partial charge in [0.2, 0.25) is 5.91 Å². The summed E-state index contributed by atoms with van der Waals surface area (Å²) in [5.41, 5.74) is 3.06. The van der Waals surface area contributed by atoms with Crippen LogP contribution >= 0.6 is 0 Å². The van der Waals surface area contributed by atoms with Gasteiger partial charge in [0.15, 0.2) is 0 Å². The first-order chi connectivity index (χ1) is 12.7. The van der Waals surface area contributed by atoms with E-state index in [2.05, 4.69) is 22.7 Å². The molecule has 6 nitrogen and oxygen atoms in total. The molecule has 2 aromatic heterocycles. The molecule has 1 aliphatic rings. The van der Waals surface area contributed by atoms with Gasteiger partial charge in [-0.3, -0.25) is 9.48 Å². The molecule has 134 valence electrons. The maximum absolute atomic E-state index is 12.8. The Morgan fingerprint density at radius 2 is 2.19 bits per heavy atom. The summed E-state index contributed by atoms with van der Waals surface area (Å²) in [6.07, 6.45) is 9.07. The molecular formula is C20H23N5O. The van der Waals surface area contributed by atoms with Gasteiger partial charge in [0.25, 0.3) is 0 Å². The molecule has 1 atom stereocenters. The summed E-state index contributed by atoms with van der Waals surface area (Å²) in [6.45, 7) is 3.74. The van der Waals surface area contributed by atoms with Crippen molar-refractivity contribution in [2.75, 3.05) is 6.54 Å². The second kappa shape index (κ2) is 6.78. The average molecular weight is 349 g/mol. The summed E-state index contributed by atoms with van der Waals surface area (Å²) < 4.78 is 3.96. The number of nitrogens with zero attached hydrogens (tertiary/aromatic N) is 5. The van der Waals surface area contributed by atoms with Crippen LogP contribution in [0.4, 0.5) is 0 Å². The van der Waals surface area contributed by atoms with E-state index in [9.17, 15) is 4.79 Å². The van der Waals surface area contributed by atoms with Crippen LogP contribution in [0.25, 0.3) is 17.1 Å². The third kappa shape index (κ3) is 2.92. The zero-order valence-electron chi connectivity index (χ0n) is 15.2. The van der Waals surface area contributed by atoms with E-state index >= 15 is 0 Å². The fourth-order valence-electron chi connectivity index (χ4n) is 3.77. The molecule has 0 aliphatic carbocycles. The van der Waals surface area contributed by atoms with Crippen molar-refractivity contribution in [2.45, 2.75) is 32.4 Å². The second-order valence-electron chi connectivity index (χ2n) is 6.67. The molecule has 0 bridgehead atoms. The molecule has 0 radical (unpaired) electrons. The van der Waals surface area contributed by atoms with Crippen LogP contribution in [0.2, 0.25) is 0 Å². The number of imidazole rings is 1. The van der Waals surface area contributed by atoms with Crippen molar-refractivity contribution in [1.29, 1.82) is 0 Å². The van der Waals surface area contributed by atoms with E-state index in [0.717, 1.165) is 48.4 Å². The number of aromatic nitrogens is 4. The lowest BCUT2D eigenvalue weighted by molar-refractivity contribution is -0.127. The quantitative estimate of drug-likeness (QED) is 0.680. The van der Waals surface area contributed by atoms with Gasteiger partial charge in [-0.05, 0) is 38.0 Å². The number of aryl methyl sites for hydroxylation is 2. The summed E-state index contributed by atoms with van der Waals surface area (Å²) in [5, 5.41) is 4.13. The number of fused-ring (bicyclic) bond motifs is 1. The molecule has 0 unspecified atom stereocenters. The van der Waals surface area contributed by atoms with Gasteiger partial charge in [-0.25, -0.2) is 4.98 Å². The van der Waals surface area contributed by atoms with E-state index in [-0.39, 0.29) is 11.9 Å². The molecule has 1 saturated heterocycles. The van der Waals surface area contributed by atoms with Crippen molar-refractivity contribution in [3.05, 3.63) is 54.1 Å². The Bertz CT molecular complexity index is 968. The fraction of sp³-hybridized carbons (Fsp3) is 0.350. The van der Waals surface area contributed by atoms with Crippen LogP contribution in [0.15, 0.2) is 42.7 Å². The molecular weight excluding hydrogens is 326 g/mol. The molecule has 3 heterocycles. The number of hydrogen-bond donors (Lipinski definition) is 0. The van der Waals surface area contributed by atoms with Crippen molar-refractivity contribution in [1.82, 2.24) is 24.2 Å². The lowest BCUT2D eigenvalue weighted by Crippen LogP contribution is -2.30. The van der Waals surface area contributed by atoms with Gasteiger partial charge in [-0.1, -0.05) is 12.1 Å². The predicted molar refractivity (Wildman–Crippen MR) is 101 cm³/mol. The lowest BCUT2D eigenvalue weighted by atomic mass is 10.2. The van der Waals surface area contributed by atoms with Crippen molar-refractivity contribution in [3.63, 3.8) is 0 Å². The Balaban J connectivity index is 1.62.